The van der Waals surface area contributed by atoms with E-state index in [1.54, 1.807) is 6.92 Å². The van der Waals surface area contributed by atoms with Crippen molar-refractivity contribution in [1.82, 2.24) is 5.32 Å². The van der Waals surface area contributed by atoms with Gasteiger partial charge in [-0.1, -0.05) is 0 Å². The lowest BCUT2D eigenvalue weighted by molar-refractivity contribution is 0.0155. The molecule has 72 valence electrons. The van der Waals surface area contributed by atoms with Gasteiger partial charge >= 0.3 is 0 Å². The van der Waals surface area contributed by atoms with Crippen LogP contribution in [0.25, 0.3) is 0 Å². The first-order chi connectivity index (χ1) is 5.79. The maximum atomic E-state index is 8.98. The van der Waals surface area contributed by atoms with E-state index >= 15 is 0 Å². The number of rotatable bonds is 4. The van der Waals surface area contributed by atoms with Gasteiger partial charge in [-0.05, 0) is 26.2 Å². The van der Waals surface area contributed by atoms with Crippen LogP contribution in [0.3, 0.4) is 0 Å². The Hall–Kier alpha value is -0.120. The smallest absolute Gasteiger partial charge is 0.0699 e. The Morgan fingerprint density at radius 1 is 1.58 bits per heavy atom. The zero-order valence-corrected chi connectivity index (χ0v) is 7.75. The van der Waals surface area contributed by atoms with E-state index in [4.69, 9.17) is 9.84 Å². The lowest BCUT2D eigenvalue weighted by atomic mass is 10.1. The van der Waals surface area contributed by atoms with Crippen LogP contribution in [-0.4, -0.2) is 37.0 Å². The molecule has 0 bridgehead atoms. The molecule has 0 aliphatic carbocycles. The summed E-state index contributed by atoms with van der Waals surface area (Å²) in [6.07, 6.45) is 3.76. The Morgan fingerprint density at radius 2 is 2.42 bits per heavy atom. The van der Waals surface area contributed by atoms with Crippen molar-refractivity contribution in [2.75, 3.05) is 19.7 Å². The van der Waals surface area contributed by atoms with Crippen molar-refractivity contribution in [3.05, 3.63) is 0 Å². The molecular formula is C9H19NO2. The van der Waals surface area contributed by atoms with E-state index in [-0.39, 0.29) is 6.10 Å². The molecule has 0 spiro atoms. The van der Waals surface area contributed by atoms with E-state index in [0.29, 0.717) is 12.6 Å². The van der Waals surface area contributed by atoms with Crippen LogP contribution >= 0.6 is 0 Å². The summed E-state index contributed by atoms with van der Waals surface area (Å²) < 4.78 is 5.52. The molecule has 0 aromatic rings. The van der Waals surface area contributed by atoms with Crippen molar-refractivity contribution in [3.63, 3.8) is 0 Å². The summed E-state index contributed by atoms with van der Waals surface area (Å²) in [4.78, 5) is 0. The number of aliphatic hydroxyl groups is 1. The third-order valence-electron chi connectivity index (χ3n) is 2.09. The topological polar surface area (TPSA) is 41.5 Å². The van der Waals surface area contributed by atoms with Crippen molar-refractivity contribution in [2.45, 2.75) is 38.4 Å². The van der Waals surface area contributed by atoms with Gasteiger partial charge in [-0.2, -0.15) is 0 Å². The Morgan fingerprint density at radius 3 is 3.00 bits per heavy atom. The van der Waals surface area contributed by atoms with Crippen molar-refractivity contribution in [3.8, 4) is 0 Å². The Kier molecular flexibility index (Phi) is 4.58. The zero-order chi connectivity index (χ0) is 8.81. The second kappa shape index (κ2) is 5.51. The molecule has 0 aromatic carbocycles. The second-order valence-corrected chi connectivity index (χ2v) is 3.50. The molecule has 3 nitrogen and oxygen atoms in total. The highest BCUT2D eigenvalue weighted by molar-refractivity contribution is 4.66. The highest BCUT2D eigenvalue weighted by atomic mass is 16.5. The molecule has 1 heterocycles. The predicted octanol–water partition coefficient (Wildman–Crippen LogP) is 0.526. The van der Waals surface area contributed by atoms with Gasteiger partial charge in [-0.25, -0.2) is 0 Å². The molecule has 2 atom stereocenters. The van der Waals surface area contributed by atoms with Crippen LogP contribution in [0.5, 0.6) is 0 Å². The minimum absolute atomic E-state index is 0.256. The summed E-state index contributed by atoms with van der Waals surface area (Å²) in [7, 11) is 0. The van der Waals surface area contributed by atoms with Crippen molar-refractivity contribution in [1.29, 1.82) is 0 Å². The zero-order valence-electron chi connectivity index (χ0n) is 7.75. The van der Waals surface area contributed by atoms with E-state index in [1.165, 1.54) is 12.8 Å². The lowest BCUT2D eigenvalue weighted by Gasteiger charge is -2.23. The van der Waals surface area contributed by atoms with Crippen LogP contribution in [0.15, 0.2) is 0 Å². The molecule has 1 rings (SSSR count). The summed E-state index contributed by atoms with van der Waals surface area (Å²) in [5, 5.41) is 12.2. The normalized spacial score (nSPS) is 27.0. The molecular weight excluding hydrogens is 154 g/mol. The number of nitrogens with one attached hydrogen (secondary N) is 1. The van der Waals surface area contributed by atoms with E-state index < -0.39 is 0 Å². The molecule has 0 amide bonds. The molecule has 12 heavy (non-hydrogen) atoms. The average Bonchev–Trinajstić information content (AvgIpc) is 2.05. The summed E-state index contributed by atoms with van der Waals surface area (Å²) >= 11 is 0. The molecule has 0 radical (unpaired) electrons. The molecule has 1 aliphatic rings. The van der Waals surface area contributed by atoms with Crippen LogP contribution in [0.1, 0.15) is 26.2 Å². The first-order valence-corrected chi connectivity index (χ1v) is 4.79. The predicted molar refractivity (Wildman–Crippen MR) is 48.1 cm³/mol. The van der Waals surface area contributed by atoms with Crippen LogP contribution in [0.2, 0.25) is 0 Å². The quantitative estimate of drug-likeness (QED) is 0.651. The Bertz CT molecular complexity index is 111. The maximum absolute atomic E-state index is 8.98. The summed E-state index contributed by atoms with van der Waals surface area (Å²) in [6.45, 7) is 4.24. The Labute approximate surface area is 74.1 Å². The van der Waals surface area contributed by atoms with Gasteiger partial charge in [0.05, 0.1) is 12.2 Å². The van der Waals surface area contributed by atoms with Gasteiger partial charge in [0, 0.05) is 19.7 Å². The van der Waals surface area contributed by atoms with Crippen LogP contribution in [-0.2, 0) is 4.74 Å². The van der Waals surface area contributed by atoms with Gasteiger partial charge in [-0.3, -0.25) is 0 Å². The molecule has 3 heteroatoms. The fourth-order valence-electron chi connectivity index (χ4n) is 1.42. The fourth-order valence-corrected chi connectivity index (χ4v) is 1.42. The van der Waals surface area contributed by atoms with Crippen LogP contribution in [0, 0.1) is 0 Å². The van der Waals surface area contributed by atoms with E-state index in [9.17, 15) is 0 Å². The Balaban J connectivity index is 1.98. The monoisotopic (exact) mass is 173 g/mol. The van der Waals surface area contributed by atoms with Gasteiger partial charge in [0.1, 0.15) is 0 Å². The molecule has 2 N–H and O–H groups in total. The molecule has 2 unspecified atom stereocenters. The summed E-state index contributed by atoms with van der Waals surface area (Å²) in [5.41, 5.74) is 0. The third-order valence-corrected chi connectivity index (χ3v) is 2.09. The maximum Gasteiger partial charge on any atom is 0.0699 e. The molecule has 1 fully saturated rings. The van der Waals surface area contributed by atoms with Gasteiger partial charge in [0.2, 0.25) is 0 Å². The lowest BCUT2D eigenvalue weighted by Crippen LogP contribution is -2.35. The average molecular weight is 173 g/mol. The van der Waals surface area contributed by atoms with Crippen molar-refractivity contribution < 1.29 is 9.84 Å². The van der Waals surface area contributed by atoms with Crippen molar-refractivity contribution >= 4 is 0 Å². The molecule has 0 aromatic heterocycles. The fraction of sp³-hybridized carbons (Fsp3) is 1.00. The molecule has 1 saturated heterocycles. The third kappa shape index (κ3) is 4.04. The largest absolute Gasteiger partial charge is 0.392 e. The van der Waals surface area contributed by atoms with Crippen LogP contribution in [0.4, 0.5) is 0 Å². The number of aliphatic hydroxyl groups excluding tert-OH is 1. The van der Waals surface area contributed by atoms with E-state index in [2.05, 4.69) is 5.32 Å². The van der Waals surface area contributed by atoms with E-state index in [1.807, 2.05) is 0 Å². The van der Waals surface area contributed by atoms with E-state index in [0.717, 1.165) is 19.6 Å². The molecule has 1 aliphatic heterocycles. The molecule has 0 saturated carbocycles. The first-order valence-electron chi connectivity index (χ1n) is 4.79. The van der Waals surface area contributed by atoms with Crippen LogP contribution < -0.4 is 5.32 Å². The SMILES string of the molecule is CC(O)CNCC1CCCCO1. The van der Waals surface area contributed by atoms with Gasteiger partial charge in [0.15, 0.2) is 0 Å². The van der Waals surface area contributed by atoms with Gasteiger partial charge in [0.25, 0.3) is 0 Å². The first kappa shape index (κ1) is 9.96. The number of hydrogen-bond acceptors (Lipinski definition) is 3. The summed E-state index contributed by atoms with van der Waals surface area (Å²) in [5.74, 6) is 0. The second-order valence-electron chi connectivity index (χ2n) is 3.50. The standard InChI is InChI=1S/C9H19NO2/c1-8(11)6-10-7-9-4-2-3-5-12-9/h8-11H,2-7H2,1H3. The highest BCUT2D eigenvalue weighted by Gasteiger charge is 2.12. The minimum atomic E-state index is -0.256. The van der Waals surface area contributed by atoms with Crippen molar-refractivity contribution in [2.24, 2.45) is 0 Å². The summed E-state index contributed by atoms with van der Waals surface area (Å²) in [6, 6.07) is 0. The van der Waals surface area contributed by atoms with Gasteiger partial charge < -0.3 is 15.2 Å². The highest BCUT2D eigenvalue weighted by Crippen LogP contribution is 2.11. The van der Waals surface area contributed by atoms with Gasteiger partial charge in [-0.15, -0.1) is 0 Å². The number of ether oxygens (including phenoxy) is 1. The minimum Gasteiger partial charge on any atom is -0.392 e. The number of hydrogen-bond donors (Lipinski definition) is 2.